The maximum atomic E-state index is 12.6. The number of hydrogen-bond acceptors (Lipinski definition) is 7. The summed E-state index contributed by atoms with van der Waals surface area (Å²) in [5.41, 5.74) is 7.37. The first-order chi connectivity index (χ1) is 15.4. The topological polar surface area (TPSA) is 156 Å². The molecule has 6 N–H and O–H groups in total. The van der Waals surface area contributed by atoms with Crippen molar-refractivity contribution in [3.8, 4) is 0 Å². The SMILES string of the molecule is NC1CCC(NC(=O)Nc2cc(NC3CC3)n3ncc(/C=C4\CC(=O)NC4=O)c3n2)CC1. The Kier molecular flexibility index (Phi) is 5.25. The van der Waals surface area contributed by atoms with Crippen LogP contribution < -0.4 is 27.0 Å². The summed E-state index contributed by atoms with van der Waals surface area (Å²) in [6.07, 6.45) is 8.88. The van der Waals surface area contributed by atoms with Crippen LogP contribution in [0.25, 0.3) is 11.7 Å². The molecule has 0 bridgehead atoms. The lowest BCUT2D eigenvalue weighted by Crippen LogP contribution is -2.42. The van der Waals surface area contributed by atoms with Crippen LogP contribution in [0.1, 0.15) is 50.5 Å². The molecule has 32 heavy (non-hydrogen) atoms. The molecular formula is C21H26N8O3. The van der Waals surface area contributed by atoms with Crippen LogP contribution in [0.5, 0.6) is 0 Å². The number of anilines is 2. The number of amides is 4. The molecule has 3 heterocycles. The number of nitrogens with one attached hydrogen (secondary N) is 4. The highest BCUT2D eigenvalue weighted by molar-refractivity contribution is 6.15. The first-order valence-corrected chi connectivity index (χ1v) is 11.0. The van der Waals surface area contributed by atoms with Crippen LogP contribution in [0.3, 0.4) is 0 Å². The normalized spacial score (nSPS) is 24.6. The molecule has 11 heteroatoms. The minimum absolute atomic E-state index is 0.0226. The lowest BCUT2D eigenvalue weighted by molar-refractivity contribution is -0.124. The van der Waals surface area contributed by atoms with Gasteiger partial charge in [-0.1, -0.05) is 0 Å². The number of carbonyl (C=O) groups is 3. The lowest BCUT2D eigenvalue weighted by Gasteiger charge is -2.26. The third-order valence-electron chi connectivity index (χ3n) is 6.00. The summed E-state index contributed by atoms with van der Waals surface area (Å²) in [7, 11) is 0. The second-order valence-electron chi connectivity index (χ2n) is 8.71. The highest BCUT2D eigenvalue weighted by atomic mass is 16.2. The van der Waals surface area contributed by atoms with Crippen LogP contribution >= 0.6 is 0 Å². The lowest BCUT2D eigenvalue weighted by atomic mass is 9.92. The van der Waals surface area contributed by atoms with E-state index in [1.165, 1.54) is 0 Å². The molecule has 0 radical (unpaired) electrons. The summed E-state index contributed by atoms with van der Waals surface area (Å²) in [6.45, 7) is 0. The van der Waals surface area contributed by atoms with Gasteiger partial charge in [0.25, 0.3) is 5.91 Å². The van der Waals surface area contributed by atoms with Crippen molar-refractivity contribution < 1.29 is 14.4 Å². The second kappa shape index (κ2) is 8.23. The molecule has 2 saturated carbocycles. The van der Waals surface area contributed by atoms with E-state index in [1.807, 2.05) is 0 Å². The fraction of sp³-hybridized carbons (Fsp3) is 0.476. The number of hydrogen-bond donors (Lipinski definition) is 5. The zero-order valence-electron chi connectivity index (χ0n) is 17.6. The minimum Gasteiger partial charge on any atom is -0.367 e. The van der Waals surface area contributed by atoms with Gasteiger partial charge in [0.1, 0.15) is 11.6 Å². The fourth-order valence-corrected chi connectivity index (χ4v) is 4.10. The monoisotopic (exact) mass is 438 g/mol. The fourth-order valence-electron chi connectivity index (χ4n) is 4.10. The highest BCUT2D eigenvalue weighted by Crippen LogP contribution is 2.28. The summed E-state index contributed by atoms with van der Waals surface area (Å²) < 4.78 is 1.64. The molecule has 0 aromatic carbocycles. The van der Waals surface area contributed by atoms with Crippen molar-refractivity contribution in [2.45, 2.75) is 63.1 Å². The predicted octanol–water partition coefficient (Wildman–Crippen LogP) is 1.12. The van der Waals surface area contributed by atoms with Gasteiger partial charge in [0.05, 0.1) is 12.6 Å². The number of fused-ring (bicyclic) bond motifs is 1. The Hall–Kier alpha value is -3.47. The number of nitrogens with zero attached hydrogens (tertiary/aromatic N) is 3. The molecule has 0 spiro atoms. The van der Waals surface area contributed by atoms with Gasteiger partial charge in [-0.25, -0.2) is 9.78 Å². The van der Waals surface area contributed by atoms with Crippen LogP contribution in [0.15, 0.2) is 17.8 Å². The number of urea groups is 1. The smallest absolute Gasteiger partial charge is 0.320 e. The van der Waals surface area contributed by atoms with Crippen molar-refractivity contribution in [2.24, 2.45) is 5.73 Å². The number of imide groups is 1. The minimum atomic E-state index is -0.411. The van der Waals surface area contributed by atoms with Gasteiger partial charge in [-0.3, -0.25) is 20.2 Å². The molecule has 2 aromatic rings. The molecule has 1 aliphatic heterocycles. The maximum absolute atomic E-state index is 12.6. The van der Waals surface area contributed by atoms with Gasteiger partial charge in [-0.15, -0.1) is 0 Å². The number of nitrogens with two attached hydrogens (primary N) is 1. The van der Waals surface area contributed by atoms with E-state index >= 15 is 0 Å². The largest absolute Gasteiger partial charge is 0.367 e. The zero-order chi connectivity index (χ0) is 22.2. The van der Waals surface area contributed by atoms with Gasteiger partial charge >= 0.3 is 6.03 Å². The Morgan fingerprint density at radius 1 is 1.16 bits per heavy atom. The van der Waals surface area contributed by atoms with E-state index in [4.69, 9.17) is 5.73 Å². The Bertz CT molecular complexity index is 1110. The van der Waals surface area contributed by atoms with Crippen LogP contribution in [0, 0.1) is 0 Å². The first kappa shape index (κ1) is 20.4. The Morgan fingerprint density at radius 2 is 1.91 bits per heavy atom. The van der Waals surface area contributed by atoms with Gasteiger partial charge in [0.2, 0.25) is 5.91 Å². The van der Waals surface area contributed by atoms with Crippen molar-refractivity contribution >= 4 is 41.2 Å². The van der Waals surface area contributed by atoms with Gasteiger partial charge < -0.3 is 16.4 Å². The van der Waals surface area contributed by atoms with E-state index in [0.29, 0.717) is 34.5 Å². The van der Waals surface area contributed by atoms with E-state index < -0.39 is 5.91 Å². The van der Waals surface area contributed by atoms with E-state index in [2.05, 4.69) is 31.3 Å². The average Bonchev–Trinajstić information content (AvgIpc) is 3.38. The summed E-state index contributed by atoms with van der Waals surface area (Å²) in [4.78, 5) is 40.6. The van der Waals surface area contributed by atoms with E-state index in [9.17, 15) is 14.4 Å². The van der Waals surface area contributed by atoms with E-state index in [1.54, 1.807) is 22.9 Å². The van der Waals surface area contributed by atoms with Crippen LogP contribution in [-0.4, -0.2) is 50.6 Å². The van der Waals surface area contributed by atoms with E-state index in [-0.39, 0.29) is 30.4 Å². The van der Waals surface area contributed by atoms with Crippen molar-refractivity contribution in [2.75, 3.05) is 10.6 Å². The molecule has 5 rings (SSSR count). The van der Waals surface area contributed by atoms with Gasteiger partial charge in [-0.2, -0.15) is 9.61 Å². The van der Waals surface area contributed by atoms with E-state index in [0.717, 1.165) is 38.5 Å². The standard InChI is InChI=1S/C21H26N8O3/c22-13-1-3-15(4-2-13)25-21(32)27-16-9-17(24-14-5-6-14)29-19(26-16)12(10-23-29)7-11-8-18(30)28-20(11)31/h7,9-10,13-15,24H,1-6,8,22H2,(H,28,30,31)(H2,25,26,27,32)/b11-7+. The number of rotatable bonds is 5. The summed E-state index contributed by atoms with van der Waals surface area (Å²) >= 11 is 0. The van der Waals surface area contributed by atoms with Crippen molar-refractivity contribution in [3.63, 3.8) is 0 Å². The highest BCUT2D eigenvalue weighted by Gasteiger charge is 2.26. The summed E-state index contributed by atoms with van der Waals surface area (Å²) in [6, 6.07) is 2.09. The average molecular weight is 438 g/mol. The molecule has 0 atom stereocenters. The molecule has 3 fully saturated rings. The molecule has 2 aromatic heterocycles. The Labute approximate surface area is 184 Å². The molecule has 3 aliphatic rings. The third-order valence-corrected chi connectivity index (χ3v) is 6.00. The van der Waals surface area contributed by atoms with Gasteiger partial charge in [-0.05, 0) is 44.6 Å². The molecule has 4 amide bonds. The van der Waals surface area contributed by atoms with Crippen molar-refractivity contribution in [1.82, 2.24) is 25.2 Å². The summed E-state index contributed by atoms with van der Waals surface area (Å²) in [5.74, 6) is 0.335. The summed E-state index contributed by atoms with van der Waals surface area (Å²) in [5, 5.41) is 15.9. The molecule has 1 saturated heterocycles. The Morgan fingerprint density at radius 3 is 2.59 bits per heavy atom. The van der Waals surface area contributed by atoms with Crippen LogP contribution in [-0.2, 0) is 9.59 Å². The molecule has 11 nitrogen and oxygen atoms in total. The van der Waals surface area contributed by atoms with Crippen LogP contribution in [0.4, 0.5) is 16.4 Å². The Balaban J connectivity index is 1.40. The van der Waals surface area contributed by atoms with Crippen molar-refractivity contribution in [1.29, 1.82) is 0 Å². The molecule has 168 valence electrons. The second-order valence-corrected chi connectivity index (χ2v) is 8.71. The molecule has 2 aliphatic carbocycles. The zero-order valence-corrected chi connectivity index (χ0v) is 17.6. The molecular weight excluding hydrogens is 412 g/mol. The number of carbonyl (C=O) groups excluding carboxylic acids is 3. The van der Waals surface area contributed by atoms with Gasteiger partial charge in [0, 0.05) is 35.3 Å². The quantitative estimate of drug-likeness (QED) is 0.346. The van der Waals surface area contributed by atoms with Crippen LogP contribution in [0.2, 0.25) is 0 Å². The molecule has 0 unspecified atom stereocenters. The first-order valence-electron chi connectivity index (χ1n) is 11.0. The van der Waals surface area contributed by atoms with Crippen molar-refractivity contribution in [3.05, 3.63) is 23.4 Å². The predicted molar refractivity (Wildman–Crippen MR) is 118 cm³/mol. The third kappa shape index (κ3) is 4.42. The number of aromatic nitrogens is 3. The maximum Gasteiger partial charge on any atom is 0.320 e. The van der Waals surface area contributed by atoms with Gasteiger partial charge in [0.15, 0.2) is 5.65 Å².